The highest BCUT2D eigenvalue weighted by Crippen LogP contribution is 2.43. The van der Waals surface area contributed by atoms with Crippen molar-refractivity contribution >= 4 is 24.3 Å². The number of phenols is 1. The van der Waals surface area contributed by atoms with Crippen molar-refractivity contribution < 1.29 is 9.50 Å². The first kappa shape index (κ1) is 37.0. The summed E-state index contributed by atoms with van der Waals surface area (Å²) in [6, 6.07) is 36.8. The molecule has 0 aliphatic heterocycles. The molecule has 1 N–H and O–H groups in total. The Balaban J connectivity index is 1.26. The molecule has 7 rings (SSSR count). The fraction of sp³-hybridized carbons (Fsp3) is 0.250. The van der Waals surface area contributed by atoms with Gasteiger partial charge >= 0.3 is 0 Å². The molecule has 5 aromatic carbocycles. The summed E-state index contributed by atoms with van der Waals surface area (Å²) >= 11 is 0. The lowest BCUT2D eigenvalue weighted by Gasteiger charge is -2.27. The van der Waals surface area contributed by atoms with E-state index < -0.39 is 8.07 Å². The van der Waals surface area contributed by atoms with Gasteiger partial charge < -0.3 is 9.67 Å². The number of imidazole rings is 1. The van der Waals surface area contributed by atoms with Gasteiger partial charge in [-0.05, 0) is 86.7 Å². The topological polar surface area (TPSA) is 50.9 Å². The van der Waals surface area contributed by atoms with Crippen molar-refractivity contribution in [2.45, 2.75) is 72.0 Å². The number of pyridine rings is 1. The number of nitrogens with zero attached hydrogens (tertiary/aromatic N) is 3. The molecule has 0 aliphatic rings. The molecule has 0 saturated heterocycles. The Morgan fingerprint density at radius 1 is 0.630 bits per heavy atom. The largest absolute Gasteiger partial charge is 0.507 e. The van der Waals surface area contributed by atoms with Gasteiger partial charge in [-0.2, -0.15) is 0 Å². The highest BCUT2D eigenvalue weighted by Gasteiger charge is 2.28. The second kappa shape index (κ2) is 13.5. The van der Waals surface area contributed by atoms with Crippen LogP contribution in [0, 0.1) is 5.82 Å². The van der Waals surface area contributed by atoms with Crippen LogP contribution in [0.25, 0.3) is 67.1 Å². The van der Waals surface area contributed by atoms with Crippen LogP contribution < -0.4 is 5.19 Å². The van der Waals surface area contributed by atoms with Crippen LogP contribution in [0.1, 0.15) is 52.7 Å². The highest BCUT2D eigenvalue weighted by molar-refractivity contribution is 6.88. The average molecular weight is 732 g/mol. The Morgan fingerprint density at radius 3 is 1.85 bits per heavy atom. The minimum Gasteiger partial charge on any atom is -0.507 e. The predicted octanol–water partition coefficient (Wildman–Crippen LogP) is 12.3. The van der Waals surface area contributed by atoms with E-state index in [1.165, 1.54) is 22.4 Å². The number of aromatic hydroxyl groups is 1. The summed E-state index contributed by atoms with van der Waals surface area (Å²) in [5.74, 6) is 0.546. The van der Waals surface area contributed by atoms with Gasteiger partial charge in [0.05, 0.1) is 30.4 Å². The summed E-state index contributed by atoms with van der Waals surface area (Å²) in [6.45, 7) is 20.0. The molecule has 6 heteroatoms. The van der Waals surface area contributed by atoms with Gasteiger partial charge in [0.25, 0.3) is 0 Å². The van der Waals surface area contributed by atoms with E-state index in [1.807, 2.05) is 48.0 Å². The van der Waals surface area contributed by atoms with E-state index in [2.05, 4.69) is 127 Å². The van der Waals surface area contributed by atoms with Gasteiger partial charge in [-0.1, -0.05) is 133 Å². The molecule has 0 saturated carbocycles. The second-order valence-corrected chi connectivity index (χ2v) is 22.7. The summed E-state index contributed by atoms with van der Waals surface area (Å²) in [5.41, 5.74) is 11.2. The first-order valence-corrected chi connectivity index (χ1v) is 22.2. The van der Waals surface area contributed by atoms with E-state index >= 15 is 4.39 Å². The minimum absolute atomic E-state index is 0.134. The van der Waals surface area contributed by atoms with Crippen molar-refractivity contribution in [3.63, 3.8) is 0 Å². The number of aromatic nitrogens is 3. The van der Waals surface area contributed by atoms with Gasteiger partial charge in [0.15, 0.2) is 0 Å². The minimum atomic E-state index is -1.35. The van der Waals surface area contributed by atoms with Crippen LogP contribution in [-0.2, 0) is 17.9 Å². The lowest BCUT2D eigenvalue weighted by atomic mass is 9.79. The predicted molar refractivity (Wildman–Crippen MR) is 228 cm³/mol. The number of fused-ring (bicyclic) bond motifs is 1. The van der Waals surface area contributed by atoms with Crippen molar-refractivity contribution in [3.05, 3.63) is 132 Å². The van der Waals surface area contributed by atoms with Gasteiger partial charge in [0.1, 0.15) is 17.4 Å². The molecule has 2 heterocycles. The molecule has 0 atom stereocenters. The zero-order valence-corrected chi connectivity index (χ0v) is 34.1. The monoisotopic (exact) mass is 731 g/mol. The maximum Gasteiger partial charge on any atom is 0.144 e. The van der Waals surface area contributed by atoms with E-state index in [-0.39, 0.29) is 22.4 Å². The fourth-order valence-electron chi connectivity index (χ4n) is 7.18. The van der Waals surface area contributed by atoms with Crippen molar-refractivity contribution in [2.24, 2.45) is 7.05 Å². The third-order valence-electron chi connectivity index (χ3n) is 10.5. The van der Waals surface area contributed by atoms with Gasteiger partial charge in [-0.3, -0.25) is 4.98 Å². The van der Waals surface area contributed by atoms with Crippen molar-refractivity contribution in [1.29, 1.82) is 0 Å². The molecule has 0 spiro atoms. The summed E-state index contributed by atoms with van der Waals surface area (Å²) in [4.78, 5) is 9.84. The molecule has 0 unspecified atom stereocenters. The Bertz CT molecular complexity index is 2510. The summed E-state index contributed by atoms with van der Waals surface area (Å²) < 4.78 is 17.6. The molecule has 0 bridgehead atoms. The third kappa shape index (κ3) is 7.15. The Hall–Kier alpha value is -5.33. The number of para-hydroxylation sites is 1. The SMILES string of the molecule is Cn1c(-c2cc(C(C)(C)C)cc(C(C)(C)C)c2O)nc2c(-c3cc(F)cc(-c4cc(-c5ccc(-c6ccc([Si](C)(C)C)cc6)cc5)ccn4)c3)cccc21. The van der Waals surface area contributed by atoms with Gasteiger partial charge in [-0.25, -0.2) is 9.37 Å². The van der Waals surface area contributed by atoms with E-state index in [4.69, 9.17) is 4.98 Å². The molecule has 0 aliphatic carbocycles. The van der Waals surface area contributed by atoms with Gasteiger partial charge in [0, 0.05) is 29.9 Å². The molecule has 0 amide bonds. The Labute approximate surface area is 320 Å². The smallest absolute Gasteiger partial charge is 0.144 e. The van der Waals surface area contributed by atoms with Crippen molar-refractivity contribution in [1.82, 2.24) is 14.5 Å². The molecule has 2 aromatic heterocycles. The maximum atomic E-state index is 15.5. The molecular weight excluding hydrogens is 682 g/mol. The van der Waals surface area contributed by atoms with Crippen LogP contribution in [0.2, 0.25) is 19.6 Å². The number of aryl methyl sites for hydroxylation is 1. The van der Waals surface area contributed by atoms with E-state index in [9.17, 15) is 5.11 Å². The van der Waals surface area contributed by atoms with Gasteiger partial charge in [0.2, 0.25) is 0 Å². The van der Waals surface area contributed by atoms with E-state index in [0.29, 0.717) is 28.2 Å². The first-order chi connectivity index (χ1) is 25.4. The molecular formula is C48H50FN3OSi. The zero-order valence-electron chi connectivity index (χ0n) is 33.1. The summed E-state index contributed by atoms with van der Waals surface area (Å²) in [6.07, 6.45) is 1.79. The molecule has 54 heavy (non-hydrogen) atoms. The van der Waals surface area contributed by atoms with Crippen LogP contribution in [0.15, 0.2) is 115 Å². The number of phenolic OH excluding ortho intramolecular Hbond substituents is 1. The standard InChI is InChI=1S/C48H50FN3OSi/c1-47(2,3)36-28-40(45(53)41(29-36)48(4,5)6)46-51-44-39(12-11-13-43(44)52(46)7)34-24-35(26-37(49)25-34)42-27-33(22-23-50-42)32-16-14-30(15-17-32)31-18-20-38(21-19-31)54(8,9)10/h11-29,53H,1-10H3. The van der Waals surface area contributed by atoms with Crippen LogP contribution >= 0.6 is 0 Å². The van der Waals surface area contributed by atoms with Crippen LogP contribution in [-0.4, -0.2) is 27.7 Å². The van der Waals surface area contributed by atoms with Crippen molar-refractivity contribution in [3.8, 4) is 61.8 Å². The summed E-state index contributed by atoms with van der Waals surface area (Å²) in [5, 5.41) is 13.1. The number of benzene rings is 5. The number of halogens is 1. The molecule has 7 aromatic rings. The van der Waals surface area contributed by atoms with E-state index in [1.54, 1.807) is 12.3 Å². The molecule has 4 nitrogen and oxygen atoms in total. The van der Waals surface area contributed by atoms with Gasteiger partial charge in [-0.15, -0.1) is 0 Å². The maximum absolute atomic E-state index is 15.5. The van der Waals surface area contributed by atoms with E-state index in [0.717, 1.165) is 38.9 Å². The normalized spacial score (nSPS) is 12.4. The molecule has 274 valence electrons. The molecule has 0 radical (unpaired) electrons. The summed E-state index contributed by atoms with van der Waals surface area (Å²) in [7, 11) is 0.615. The Morgan fingerprint density at radius 2 is 1.24 bits per heavy atom. The number of hydrogen-bond acceptors (Lipinski definition) is 3. The Kier molecular flexibility index (Phi) is 9.26. The molecule has 0 fully saturated rings. The second-order valence-electron chi connectivity index (χ2n) is 17.7. The number of hydrogen-bond donors (Lipinski definition) is 1. The quantitative estimate of drug-likeness (QED) is 0.173. The third-order valence-corrected chi connectivity index (χ3v) is 12.6. The van der Waals surface area contributed by atoms with Crippen LogP contribution in [0.3, 0.4) is 0 Å². The lowest BCUT2D eigenvalue weighted by Crippen LogP contribution is -2.37. The first-order valence-electron chi connectivity index (χ1n) is 18.7. The number of rotatable bonds is 6. The lowest BCUT2D eigenvalue weighted by molar-refractivity contribution is 0.446. The zero-order chi connectivity index (χ0) is 38.7. The average Bonchev–Trinajstić information content (AvgIpc) is 3.46. The highest BCUT2D eigenvalue weighted by atomic mass is 28.3. The van der Waals surface area contributed by atoms with Crippen LogP contribution in [0.5, 0.6) is 5.75 Å². The fourth-order valence-corrected chi connectivity index (χ4v) is 8.34. The van der Waals surface area contributed by atoms with Crippen LogP contribution in [0.4, 0.5) is 4.39 Å². The van der Waals surface area contributed by atoms with Crippen molar-refractivity contribution in [2.75, 3.05) is 0 Å².